The Morgan fingerprint density at radius 2 is 2.04 bits per heavy atom. The smallest absolute Gasteiger partial charge is 0.178 e. The monoisotopic (exact) mass is 336 g/mol. The molecule has 1 aliphatic carbocycles. The van der Waals surface area contributed by atoms with Crippen LogP contribution < -0.4 is 10.2 Å². The lowest BCUT2D eigenvalue weighted by molar-refractivity contribution is 0.424. The summed E-state index contributed by atoms with van der Waals surface area (Å²) in [6.45, 7) is 4.88. The zero-order valence-corrected chi connectivity index (χ0v) is 14.1. The van der Waals surface area contributed by atoms with Gasteiger partial charge in [-0.2, -0.15) is 4.52 Å². The average molecular weight is 336 g/mol. The highest BCUT2D eigenvalue weighted by molar-refractivity contribution is 5.48. The SMILES string of the molecule is Cc1cc(NCC2CN(c3ccc4nnc(C5CC5)n4n3)C2)ncn1. The van der Waals surface area contributed by atoms with E-state index in [1.54, 1.807) is 6.33 Å². The van der Waals surface area contributed by atoms with Crippen molar-refractivity contribution in [1.82, 2.24) is 29.8 Å². The van der Waals surface area contributed by atoms with Gasteiger partial charge in [0.05, 0.1) is 0 Å². The Morgan fingerprint density at radius 3 is 2.84 bits per heavy atom. The van der Waals surface area contributed by atoms with Crippen LogP contribution >= 0.6 is 0 Å². The molecule has 2 fully saturated rings. The number of aryl methyl sites for hydroxylation is 1. The van der Waals surface area contributed by atoms with Crippen molar-refractivity contribution in [3.05, 3.63) is 36.0 Å². The predicted octanol–water partition coefficient (Wildman–Crippen LogP) is 1.65. The number of nitrogens with one attached hydrogen (secondary N) is 1. The van der Waals surface area contributed by atoms with Crippen LogP contribution in [0.2, 0.25) is 0 Å². The second kappa shape index (κ2) is 5.65. The second-order valence-corrected chi connectivity index (χ2v) is 6.99. The van der Waals surface area contributed by atoms with E-state index in [4.69, 9.17) is 5.10 Å². The molecule has 1 aliphatic heterocycles. The highest BCUT2D eigenvalue weighted by Gasteiger charge is 2.31. The van der Waals surface area contributed by atoms with Gasteiger partial charge in [0, 0.05) is 43.2 Å². The minimum Gasteiger partial charge on any atom is -0.370 e. The largest absolute Gasteiger partial charge is 0.370 e. The molecule has 1 N–H and O–H groups in total. The highest BCUT2D eigenvalue weighted by atomic mass is 15.4. The summed E-state index contributed by atoms with van der Waals surface area (Å²) >= 11 is 0. The van der Waals surface area contributed by atoms with Crippen molar-refractivity contribution in [1.29, 1.82) is 0 Å². The molecule has 0 radical (unpaired) electrons. The van der Waals surface area contributed by atoms with Crippen LogP contribution in [0.1, 0.15) is 30.3 Å². The van der Waals surface area contributed by atoms with Gasteiger partial charge in [-0.15, -0.1) is 15.3 Å². The van der Waals surface area contributed by atoms with E-state index in [9.17, 15) is 0 Å². The minimum atomic E-state index is 0.544. The molecule has 25 heavy (non-hydrogen) atoms. The Kier molecular flexibility index (Phi) is 3.29. The van der Waals surface area contributed by atoms with Crippen LogP contribution in [0.3, 0.4) is 0 Å². The molecule has 128 valence electrons. The Morgan fingerprint density at radius 1 is 1.16 bits per heavy atom. The van der Waals surface area contributed by atoms with Crippen molar-refractivity contribution >= 4 is 17.3 Å². The first kappa shape index (κ1) is 14.6. The lowest BCUT2D eigenvalue weighted by Gasteiger charge is -2.40. The summed E-state index contributed by atoms with van der Waals surface area (Å²) in [5.41, 5.74) is 1.81. The molecule has 0 atom stereocenters. The molecule has 0 unspecified atom stereocenters. The zero-order valence-electron chi connectivity index (χ0n) is 14.1. The Hall–Kier alpha value is -2.77. The number of nitrogens with zero attached hydrogens (tertiary/aromatic N) is 7. The number of aromatic nitrogens is 6. The number of hydrogen-bond donors (Lipinski definition) is 1. The molecule has 1 saturated heterocycles. The molecule has 3 aromatic rings. The highest BCUT2D eigenvalue weighted by Crippen LogP contribution is 2.38. The van der Waals surface area contributed by atoms with Crippen molar-refractivity contribution in [3.8, 4) is 0 Å². The Balaban J connectivity index is 1.23. The van der Waals surface area contributed by atoms with Gasteiger partial charge in [0.15, 0.2) is 11.5 Å². The normalized spacial score (nSPS) is 17.7. The third-order valence-electron chi connectivity index (χ3n) is 4.87. The maximum Gasteiger partial charge on any atom is 0.178 e. The molecule has 5 rings (SSSR count). The van der Waals surface area contributed by atoms with Gasteiger partial charge in [0.1, 0.15) is 18.0 Å². The summed E-state index contributed by atoms with van der Waals surface area (Å²) in [5, 5.41) is 16.7. The van der Waals surface area contributed by atoms with Crippen LogP contribution in [-0.2, 0) is 0 Å². The van der Waals surface area contributed by atoms with E-state index < -0.39 is 0 Å². The molecule has 1 saturated carbocycles. The standard InChI is InChI=1S/C17H20N8/c1-11-6-14(20-10-19-11)18-7-12-8-24(9-12)16-5-4-15-21-22-17(13-2-3-13)25(15)23-16/h4-6,10,12-13H,2-3,7-9H2,1H3,(H,18,19,20). The molecule has 4 heterocycles. The number of rotatable bonds is 5. The lowest BCUT2D eigenvalue weighted by Crippen LogP contribution is -2.50. The lowest BCUT2D eigenvalue weighted by atomic mass is 10.0. The molecule has 8 nitrogen and oxygen atoms in total. The summed E-state index contributed by atoms with van der Waals surface area (Å²) in [7, 11) is 0. The van der Waals surface area contributed by atoms with Crippen molar-refractivity contribution in [2.24, 2.45) is 5.92 Å². The van der Waals surface area contributed by atoms with Crippen LogP contribution in [0.4, 0.5) is 11.6 Å². The second-order valence-electron chi connectivity index (χ2n) is 6.99. The van der Waals surface area contributed by atoms with E-state index >= 15 is 0 Å². The van der Waals surface area contributed by atoms with Crippen molar-refractivity contribution in [2.75, 3.05) is 29.9 Å². The summed E-state index contributed by atoms with van der Waals surface area (Å²) in [6.07, 6.45) is 4.00. The number of fused-ring (bicyclic) bond motifs is 1. The Labute approximate surface area is 145 Å². The fourth-order valence-electron chi connectivity index (χ4n) is 3.25. The first-order valence-electron chi connectivity index (χ1n) is 8.76. The van der Waals surface area contributed by atoms with Crippen LogP contribution in [-0.4, -0.2) is 49.4 Å². The van der Waals surface area contributed by atoms with Crippen LogP contribution in [0.5, 0.6) is 0 Å². The topological polar surface area (TPSA) is 84.1 Å². The van der Waals surface area contributed by atoms with Crippen molar-refractivity contribution < 1.29 is 0 Å². The fourth-order valence-corrected chi connectivity index (χ4v) is 3.25. The third-order valence-corrected chi connectivity index (χ3v) is 4.87. The zero-order chi connectivity index (χ0) is 16.8. The van der Waals surface area contributed by atoms with E-state index in [2.05, 4.69) is 30.4 Å². The van der Waals surface area contributed by atoms with Crippen molar-refractivity contribution in [2.45, 2.75) is 25.7 Å². The van der Waals surface area contributed by atoms with E-state index in [-0.39, 0.29) is 0 Å². The summed E-state index contributed by atoms with van der Waals surface area (Å²) in [4.78, 5) is 10.7. The van der Waals surface area contributed by atoms with Crippen molar-refractivity contribution in [3.63, 3.8) is 0 Å². The molecule has 3 aromatic heterocycles. The Bertz CT molecular complexity index is 910. The van der Waals surface area contributed by atoms with Gasteiger partial charge in [-0.25, -0.2) is 9.97 Å². The van der Waals surface area contributed by atoms with Gasteiger partial charge in [-0.05, 0) is 31.9 Å². The molecule has 0 aromatic carbocycles. The quantitative estimate of drug-likeness (QED) is 0.758. The summed E-state index contributed by atoms with van der Waals surface area (Å²) in [5.74, 6) is 4.04. The maximum atomic E-state index is 4.76. The molecule has 2 aliphatic rings. The van der Waals surface area contributed by atoms with Gasteiger partial charge in [-0.3, -0.25) is 0 Å². The fraction of sp³-hybridized carbons (Fsp3) is 0.471. The third kappa shape index (κ3) is 2.77. The predicted molar refractivity (Wildman–Crippen MR) is 93.7 cm³/mol. The van der Waals surface area contributed by atoms with Gasteiger partial charge in [0.25, 0.3) is 0 Å². The van der Waals surface area contributed by atoms with E-state index in [1.165, 1.54) is 12.8 Å². The molecule has 0 bridgehead atoms. The van der Waals surface area contributed by atoms with Crippen LogP contribution in [0.15, 0.2) is 24.5 Å². The molecule has 0 spiro atoms. The molecule has 0 amide bonds. The van der Waals surface area contributed by atoms with Gasteiger partial charge >= 0.3 is 0 Å². The van der Waals surface area contributed by atoms with Gasteiger partial charge in [-0.1, -0.05) is 0 Å². The van der Waals surface area contributed by atoms with Crippen LogP contribution in [0.25, 0.3) is 5.65 Å². The molecular formula is C17H20N8. The van der Waals surface area contributed by atoms with E-state index in [0.717, 1.165) is 48.4 Å². The summed E-state index contributed by atoms with van der Waals surface area (Å²) < 4.78 is 1.92. The minimum absolute atomic E-state index is 0.544. The average Bonchev–Trinajstić information content (AvgIpc) is 3.33. The van der Waals surface area contributed by atoms with E-state index in [1.807, 2.05) is 29.6 Å². The maximum absolute atomic E-state index is 4.76. The van der Waals surface area contributed by atoms with Crippen LogP contribution in [0, 0.1) is 12.8 Å². The molecule has 8 heteroatoms. The summed E-state index contributed by atoms with van der Waals surface area (Å²) in [6, 6.07) is 6.02. The first-order chi connectivity index (χ1) is 12.3. The molecular weight excluding hydrogens is 316 g/mol. The first-order valence-corrected chi connectivity index (χ1v) is 8.76. The van der Waals surface area contributed by atoms with E-state index in [0.29, 0.717) is 11.8 Å². The number of hydrogen-bond acceptors (Lipinski definition) is 7. The van der Waals surface area contributed by atoms with Gasteiger partial charge in [0.2, 0.25) is 0 Å². The van der Waals surface area contributed by atoms with Gasteiger partial charge < -0.3 is 10.2 Å². The number of anilines is 2.